The van der Waals surface area contributed by atoms with Gasteiger partial charge in [-0.1, -0.05) is 0 Å². The van der Waals surface area contributed by atoms with Crippen molar-refractivity contribution >= 4 is 5.91 Å². The maximum Gasteiger partial charge on any atom is 0.240 e. The van der Waals surface area contributed by atoms with E-state index in [1.165, 1.54) is 0 Å². The molecule has 0 bridgehead atoms. The Balaban J connectivity index is 2.72. The van der Waals surface area contributed by atoms with Gasteiger partial charge in [-0.3, -0.25) is 9.69 Å². The number of ether oxygens (including phenoxy) is 1. The summed E-state index contributed by atoms with van der Waals surface area (Å²) >= 11 is 0. The predicted octanol–water partition coefficient (Wildman–Crippen LogP) is -0.828. The zero-order valence-corrected chi connectivity index (χ0v) is 9.58. The van der Waals surface area contributed by atoms with Gasteiger partial charge < -0.3 is 15.8 Å². The molecular weight excluding hydrogens is 194 g/mol. The average molecular weight is 215 g/mol. The van der Waals surface area contributed by atoms with Crippen molar-refractivity contribution in [1.29, 1.82) is 0 Å². The Kier molecular flexibility index (Phi) is 4.50. The Labute approximate surface area is 90.9 Å². The molecule has 15 heavy (non-hydrogen) atoms. The van der Waals surface area contributed by atoms with Crippen molar-refractivity contribution < 1.29 is 9.53 Å². The number of carbonyl (C=O) groups is 1. The molecule has 3 N–H and O–H groups in total. The molecule has 1 aliphatic rings. The van der Waals surface area contributed by atoms with Crippen LogP contribution in [0.5, 0.6) is 0 Å². The Morgan fingerprint density at radius 2 is 2.27 bits per heavy atom. The molecule has 0 radical (unpaired) electrons. The second-order valence-electron chi connectivity index (χ2n) is 4.16. The molecule has 1 heterocycles. The molecule has 5 nitrogen and oxygen atoms in total. The number of nitrogens with zero attached hydrogens (tertiary/aromatic N) is 1. The second kappa shape index (κ2) is 5.44. The highest BCUT2D eigenvalue weighted by Crippen LogP contribution is 2.16. The van der Waals surface area contributed by atoms with Gasteiger partial charge in [0.15, 0.2) is 0 Å². The van der Waals surface area contributed by atoms with Gasteiger partial charge in [0.2, 0.25) is 5.91 Å². The third-order valence-electron chi connectivity index (χ3n) is 2.99. The number of hydrogen-bond acceptors (Lipinski definition) is 4. The minimum atomic E-state index is -0.680. The topological polar surface area (TPSA) is 67.6 Å². The lowest BCUT2D eigenvalue weighted by Gasteiger charge is -2.37. The summed E-state index contributed by atoms with van der Waals surface area (Å²) in [5.74, 6) is -0.314. The monoisotopic (exact) mass is 215 g/mol. The van der Waals surface area contributed by atoms with Crippen LogP contribution in [0.3, 0.4) is 0 Å². The van der Waals surface area contributed by atoms with E-state index in [0.29, 0.717) is 6.61 Å². The van der Waals surface area contributed by atoms with Gasteiger partial charge in [-0.05, 0) is 19.9 Å². The Morgan fingerprint density at radius 1 is 1.53 bits per heavy atom. The molecule has 0 saturated carbocycles. The van der Waals surface area contributed by atoms with Crippen LogP contribution >= 0.6 is 0 Å². The number of nitrogens with one attached hydrogen (secondary N) is 1. The number of carbonyl (C=O) groups excluding carboxylic acids is 1. The van der Waals surface area contributed by atoms with E-state index in [2.05, 4.69) is 10.2 Å². The van der Waals surface area contributed by atoms with Crippen LogP contribution in [0.25, 0.3) is 0 Å². The summed E-state index contributed by atoms with van der Waals surface area (Å²) in [7, 11) is 1.59. The first-order chi connectivity index (χ1) is 7.11. The summed E-state index contributed by atoms with van der Waals surface area (Å²) in [6, 6.07) is 0. The van der Waals surface area contributed by atoms with E-state index in [1.807, 2.05) is 6.92 Å². The summed E-state index contributed by atoms with van der Waals surface area (Å²) in [5.41, 5.74) is 4.78. The van der Waals surface area contributed by atoms with Gasteiger partial charge in [0, 0.05) is 26.7 Å². The van der Waals surface area contributed by atoms with E-state index in [0.717, 1.165) is 32.6 Å². The van der Waals surface area contributed by atoms with Crippen molar-refractivity contribution in [3.63, 3.8) is 0 Å². The molecule has 1 aliphatic heterocycles. The SMILES string of the molecule is COCC(C)(C(N)=O)N1CCCNCC1. The zero-order chi connectivity index (χ0) is 11.3. The van der Waals surface area contributed by atoms with Crippen LogP contribution in [-0.4, -0.2) is 56.2 Å². The van der Waals surface area contributed by atoms with Crippen LogP contribution < -0.4 is 11.1 Å². The van der Waals surface area contributed by atoms with Crippen molar-refractivity contribution in [3.05, 3.63) is 0 Å². The lowest BCUT2D eigenvalue weighted by molar-refractivity contribution is -0.132. The van der Waals surface area contributed by atoms with E-state index < -0.39 is 5.54 Å². The van der Waals surface area contributed by atoms with Crippen LogP contribution in [0.2, 0.25) is 0 Å². The van der Waals surface area contributed by atoms with Crippen molar-refractivity contribution in [2.75, 3.05) is 39.9 Å². The van der Waals surface area contributed by atoms with Gasteiger partial charge in [-0.15, -0.1) is 0 Å². The molecule has 1 unspecified atom stereocenters. The summed E-state index contributed by atoms with van der Waals surface area (Å²) in [6.07, 6.45) is 1.03. The fourth-order valence-corrected chi connectivity index (χ4v) is 1.94. The molecule has 1 rings (SSSR count). The van der Waals surface area contributed by atoms with Gasteiger partial charge in [-0.25, -0.2) is 0 Å². The van der Waals surface area contributed by atoms with Gasteiger partial charge in [-0.2, -0.15) is 0 Å². The van der Waals surface area contributed by atoms with Crippen LogP contribution in [0.1, 0.15) is 13.3 Å². The highest BCUT2D eigenvalue weighted by Gasteiger charge is 2.37. The Bertz CT molecular complexity index is 215. The first kappa shape index (κ1) is 12.4. The van der Waals surface area contributed by atoms with Gasteiger partial charge >= 0.3 is 0 Å². The van der Waals surface area contributed by atoms with Crippen LogP contribution in [0.4, 0.5) is 0 Å². The van der Waals surface area contributed by atoms with Crippen LogP contribution in [-0.2, 0) is 9.53 Å². The highest BCUT2D eigenvalue weighted by atomic mass is 16.5. The third kappa shape index (κ3) is 2.90. The van der Waals surface area contributed by atoms with E-state index in [-0.39, 0.29) is 5.91 Å². The molecule has 0 aromatic heterocycles. The van der Waals surface area contributed by atoms with E-state index in [1.54, 1.807) is 7.11 Å². The lowest BCUT2D eigenvalue weighted by atomic mass is 10.00. The predicted molar refractivity (Wildman–Crippen MR) is 58.5 cm³/mol. The standard InChI is InChI=1S/C10H21N3O2/c1-10(8-15-2,9(11)14)13-6-3-4-12-5-7-13/h12H,3-8H2,1-2H3,(H2,11,14). The number of rotatable bonds is 4. The molecule has 1 fully saturated rings. The Morgan fingerprint density at radius 3 is 2.87 bits per heavy atom. The first-order valence-corrected chi connectivity index (χ1v) is 5.36. The molecule has 1 amide bonds. The summed E-state index contributed by atoms with van der Waals surface area (Å²) in [5, 5.41) is 3.30. The van der Waals surface area contributed by atoms with Crippen LogP contribution in [0, 0.1) is 0 Å². The number of amides is 1. The van der Waals surface area contributed by atoms with Gasteiger partial charge in [0.1, 0.15) is 5.54 Å². The maximum absolute atomic E-state index is 11.5. The van der Waals surface area contributed by atoms with Gasteiger partial charge in [0.05, 0.1) is 6.61 Å². The minimum Gasteiger partial charge on any atom is -0.382 e. The molecule has 0 aromatic carbocycles. The molecule has 0 spiro atoms. The average Bonchev–Trinajstić information content (AvgIpc) is 2.45. The zero-order valence-electron chi connectivity index (χ0n) is 9.58. The lowest BCUT2D eigenvalue weighted by Crippen LogP contribution is -2.59. The summed E-state index contributed by atoms with van der Waals surface area (Å²) in [4.78, 5) is 13.6. The van der Waals surface area contributed by atoms with E-state index >= 15 is 0 Å². The number of hydrogen-bond donors (Lipinski definition) is 2. The number of primary amides is 1. The van der Waals surface area contributed by atoms with Crippen molar-refractivity contribution in [2.24, 2.45) is 5.73 Å². The summed E-state index contributed by atoms with van der Waals surface area (Å²) in [6.45, 7) is 5.82. The van der Waals surface area contributed by atoms with E-state index in [9.17, 15) is 4.79 Å². The maximum atomic E-state index is 11.5. The van der Waals surface area contributed by atoms with Crippen molar-refractivity contribution in [3.8, 4) is 0 Å². The molecule has 5 heteroatoms. The second-order valence-corrected chi connectivity index (χ2v) is 4.16. The third-order valence-corrected chi connectivity index (χ3v) is 2.99. The summed E-state index contributed by atoms with van der Waals surface area (Å²) < 4.78 is 5.10. The van der Waals surface area contributed by atoms with E-state index in [4.69, 9.17) is 10.5 Å². The molecule has 0 aliphatic carbocycles. The minimum absolute atomic E-state index is 0.314. The van der Waals surface area contributed by atoms with Crippen molar-refractivity contribution in [1.82, 2.24) is 10.2 Å². The first-order valence-electron chi connectivity index (χ1n) is 5.36. The number of methoxy groups -OCH3 is 1. The Hall–Kier alpha value is -0.650. The quantitative estimate of drug-likeness (QED) is 0.642. The van der Waals surface area contributed by atoms with Gasteiger partial charge in [0.25, 0.3) is 0 Å². The molecule has 88 valence electrons. The largest absolute Gasteiger partial charge is 0.382 e. The number of nitrogens with two attached hydrogens (primary N) is 1. The molecule has 1 atom stereocenters. The fraction of sp³-hybridized carbons (Fsp3) is 0.900. The molecule has 1 saturated heterocycles. The van der Waals surface area contributed by atoms with Crippen molar-refractivity contribution in [2.45, 2.75) is 18.9 Å². The molecule has 0 aromatic rings. The molecular formula is C10H21N3O2. The highest BCUT2D eigenvalue weighted by molar-refractivity contribution is 5.84. The fourth-order valence-electron chi connectivity index (χ4n) is 1.94. The smallest absolute Gasteiger partial charge is 0.240 e. The normalized spacial score (nSPS) is 23.1. The van der Waals surface area contributed by atoms with Crippen LogP contribution in [0.15, 0.2) is 0 Å².